The van der Waals surface area contributed by atoms with Gasteiger partial charge in [-0.15, -0.1) is 0 Å². The highest BCUT2D eigenvalue weighted by Crippen LogP contribution is 2.54. The molecule has 14 rings (SSSR count). The summed E-state index contributed by atoms with van der Waals surface area (Å²) >= 11 is 0. The van der Waals surface area contributed by atoms with Gasteiger partial charge in [-0.25, -0.2) is 4.98 Å². The van der Waals surface area contributed by atoms with Gasteiger partial charge in [0.15, 0.2) is 5.58 Å². The van der Waals surface area contributed by atoms with Crippen LogP contribution in [-0.2, 0) is 10.8 Å². The number of aryl methyl sites for hydroxylation is 2. The standard InChI is InChI=1S/C67H55BN4O/c1-40-21-20-22-41(2)56(40)65-69-52-39-50-49-37-45(67(6,7)8)38-55-60(49)68(72-61(43-25-14-10-15-26-43)57(42-23-12-9-13-24-42)59(62(50)72)64(52)73-65)51-35-36-54-58(63(51)71(55)47-33-31-44(32-34-47)66(3,4)5)48-29-18-19-30-53(48)70(54)46-27-16-11-17-28-46/h9-39H,1-8H3. The van der Waals surface area contributed by atoms with E-state index in [1.54, 1.807) is 0 Å². The number of hydrogen-bond donors (Lipinski definition) is 0. The molecule has 352 valence electrons. The van der Waals surface area contributed by atoms with Crippen LogP contribution in [0.15, 0.2) is 192 Å². The zero-order chi connectivity index (χ0) is 49.7. The fraction of sp³-hybridized carbons (Fsp3) is 0.149. The maximum absolute atomic E-state index is 7.28. The Bertz CT molecular complexity index is 4200. The second-order valence-electron chi connectivity index (χ2n) is 22.4. The van der Waals surface area contributed by atoms with Gasteiger partial charge in [-0.2, -0.15) is 0 Å². The third-order valence-electron chi connectivity index (χ3n) is 15.9. The van der Waals surface area contributed by atoms with Gasteiger partial charge in [-0.3, -0.25) is 0 Å². The van der Waals surface area contributed by atoms with E-state index in [9.17, 15) is 0 Å². The predicted molar refractivity (Wildman–Crippen MR) is 308 cm³/mol. The lowest BCUT2D eigenvalue weighted by molar-refractivity contribution is 0.590. The van der Waals surface area contributed by atoms with Crippen molar-refractivity contribution in [1.29, 1.82) is 0 Å². The number of anilines is 3. The highest BCUT2D eigenvalue weighted by Gasteiger charge is 2.46. The molecule has 73 heavy (non-hydrogen) atoms. The number of benzene rings is 9. The van der Waals surface area contributed by atoms with Crippen molar-refractivity contribution in [3.63, 3.8) is 0 Å². The number of aromatic nitrogens is 3. The largest absolute Gasteiger partial charge is 0.435 e. The van der Waals surface area contributed by atoms with Crippen molar-refractivity contribution in [3.8, 4) is 50.7 Å². The molecular weight excluding hydrogens is 888 g/mol. The lowest BCUT2D eigenvalue weighted by Gasteiger charge is -2.42. The van der Waals surface area contributed by atoms with Gasteiger partial charge in [-0.1, -0.05) is 181 Å². The lowest BCUT2D eigenvalue weighted by Crippen LogP contribution is -2.57. The molecular formula is C67H55BN4O. The molecule has 0 N–H and O–H groups in total. The van der Waals surface area contributed by atoms with Crippen LogP contribution in [0.5, 0.6) is 0 Å². The number of hydrogen-bond acceptors (Lipinski definition) is 3. The highest BCUT2D eigenvalue weighted by molar-refractivity contribution is 6.90. The van der Waals surface area contributed by atoms with Crippen molar-refractivity contribution >= 4 is 78.6 Å². The SMILES string of the molecule is Cc1cccc(C)c1-c1nc2cc3c4c(c(-c5ccccc5)c(-c5ccccc5)n4B4c5ccc6c(c5N(c5ccc(C(C)(C)C)cc5)c5cc(C(C)(C)C)cc-3c54)c3ccccc3n6-c3ccccc3)c2o1. The Balaban J connectivity index is 1.21. The van der Waals surface area contributed by atoms with Crippen LogP contribution in [0.2, 0.25) is 0 Å². The molecule has 2 aliphatic rings. The summed E-state index contributed by atoms with van der Waals surface area (Å²) in [5, 5.41) is 3.53. The molecule has 0 radical (unpaired) electrons. The minimum Gasteiger partial charge on any atom is -0.435 e. The van der Waals surface area contributed by atoms with Gasteiger partial charge in [0, 0.05) is 55.7 Å². The van der Waals surface area contributed by atoms with E-state index in [-0.39, 0.29) is 17.7 Å². The van der Waals surface area contributed by atoms with Gasteiger partial charge in [0.25, 0.3) is 0 Å². The van der Waals surface area contributed by atoms with Gasteiger partial charge in [0.2, 0.25) is 5.89 Å². The number of nitrogens with zero attached hydrogens (tertiary/aromatic N) is 4. The summed E-state index contributed by atoms with van der Waals surface area (Å²) in [6.45, 7) is 18.0. The Morgan fingerprint density at radius 1 is 0.521 bits per heavy atom. The van der Waals surface area contributed by atoms with Gasteiger partial charge in [0.05, 0.1) is 22.1 Å². The van der Waals surface area contributed by atoms with Crippen molar-refractivity contribution in [2.45, 2.75) is 66.2 Å². The molecule has 9 aromatic carbocycles. The van der Waals surface area contributed by atoms with Crippen LogP contribution in [0.3, 0.4) is 0 Å². The number of para-hydroxylation sites is 2. The minimum atomic E-state index is -0.233. The normalized spacial score (nSPS) is 13.2. The van der Waals surface area contributed by atoms with E-state index in [2.05, 4.69) is 257 Å². The van der Waals surface area contributed by atoms with Crippen LogP contribution < -0.4 is 15.8 Å². The van der Waals surface area contributed by atoms with Crippen molar-refractivity contribution in [3.05, 3.63) is 210 Å². The second-order valence-corrected chi connectivity index (χ2v) is 22.4. The third-order valence-corrected chi connectivity index (χ3v) is 15.9. The molecule has 5 heterocycles. The quantitative estimate of drug-likeness (QED) is 0.161. The molecule has 5 nitrogen and oxygen atoms in total. The van der Waals surface area contributed by atoms with Crippen molar-refractivity contribution in [2.75, 3.05) is 4.90 Å². The van der Waals surface area contributed by atoms with Crippen molar-refractivity contribution < 1.29 is 4.42 Å². The molecule has 0 saturated heterocycles. The van der Waals surface area contributed by atoms with E-state index in [4.69, 9.17) is 9.40 Å². The molecule has 12 aromatic rings. The summed E-state index contributed by atoms with van der Waals surface area (Å²) in [6, 6.07) is 69.9. The first-order valence-corrected chi connectivity index (χ1v) is 25.7. The van der Waals surface area contributed by atoms with E-state index in [0.29, 0.717) is 5.89 Å². The summed E-state index contributed by atoms with van der Waals surface area (Å²) in [7, 11) is 0. The monoisotopic (exact) mass is 942 g/mol. The van der Waals surface area contributed by atoms with Crippen LogP contribution in [-0.4, -0.2) is 20.9 Å². The lowest BCUT2D eigenvalue weighted by atomic mass is 9.44. The Morgan fingerprint density at radius 2 is 1.16 bits per heavy atom. The molecule has 3 aromatic heterocycles. The fourth-order valence-electron chi connectivity index (χ4n) is 12.4. The Hall–Kier alpha value is -8.35. The molecule has 0 saturated carbocycles. The third kappa shape index (κ3) is 6.32. The van der Waals surface area contributed by atoms with Gasteiger partial charge in [-0.05, 0) is 123 Å². The van der Waals surface area contributed by atoms with Crippen molar-refractivity contribution in [2.24, 2.45) is 0 Å². The summed E-state index contributed by atoms with van der Waals surface area (Å²) in [5.74, 6) is 0.647. The van der Waals surface area contributed by atoms with Gasteiger partial charge < -0.3 is 18.4 Å². The summed E-state index contributed by atoms with van der Waals surface area (Å²) < 4.78 is 12.4. The van der Waals surface area contributed by atoms with E-state index >= 15 is 0 Å². The summed E-state index contributed by atoms with van der Waals surface area (Å²) in [5.41, 5.74) is 25.0. The Labute approximate surface area is 427 Å². The van der Waals surface area contributed by atoms with E-state index in [1.807, 2.05) is 0 Å². The Kier molecular flexibility index (Phi) is 9.27. The van der Waals surface area contributed by atoms with Crippen LogP contribution in [0.4, 0.5) is 17.1 Å². The smallest absolute Gasteiger partial charge is 0.333 e. The van der Waals surface area contributed by atoms with E-state index in [0.717, 1.165) is 78.0 Å². The molecule has 0 fully saturated rings. The molecule has 0 unspecified atom stereocenters. The number of fused-ring (bicyclic) bond motifs is 10. The van der Waals surface area contributed by atoms with Crippen molar-refractivity contribution in [1.82, 2.24) is 14.0 Å². The van der Waals surface area contributed by atoms with Gasteiger partial charge >= 0.3 is 6.85 Å². The average molecular weight is 943 g/mol. The first-order chi connectivity index (χ1) is 35.3. The zero-order valence-electron chi connectivity index (χ0n) is 42.7. The number of oxazole rings is 1. The van der Waals surface area contributed by atoms with E-state index in [1.165, 1.54) is 60.8 Å². The molecule has 0 spiro atoms. The van der Waals surface area contributed by atoms with Crippen LogP contribution >= 0.6 is 0 Å². The van der Waals surface area contributed by atoms with Crippen LogP contribution in [0.1, 0.15) is 63.8 Å². The number of rotatable bonds is 5. The summed E-state index contributed by atoms with van der Waals surface area (Å²) in [4.78, 5) is 8.10. The molecule has 0 amide bonds. The summed E-state index contributed by atoms with van der Waals surface area (Å²) in [6.07, 6.45) is 0. The first-order valence-electron chi connectivity index (χ1n) is 25.7. The molecule has 2 aliphatic heterocycles. The maximum atomic E-state index is 7.28. The van der Waals surface area contributed by atoms with Crippen LogP contribution in [0, 0.1) is 13.8 Å². The fourth-order valence-corrected chi connectivity index (χ4v) is 12.4. The maximum Gasteiger partial charge on any atom is 0.333 e. The predicted octanol–water partition coefficient (Wildman–Crippen LogP) is 16.5. The first kappa shape index (κ1) is 43.4. The topological polar surface area (TPSA) is 39.1 Å². The Morgan fingerprint density at radius 3 is 1.85 bits per heavy atom. The van der Waals surface area contributed by atoms with Crippen LogP contribution in [0.25, 0.3) is 94.5 Å². The van der Waals surface area contributed by atoms with E-state index < -0.39 is 0 Å². The zero-order valence-corrected chi connectivity index (χ0v) is 42.7. The molecule has 0 atom stereocenters. The minimum absolute atomic E-state index is 0.0108. The molecule has 0 aliphatic carbocycles. The average Bonchev–Trinajstić information content (AvgIpc) is 4.08. The highest BCUT2D eigenvalue weighted by atomic mass is 16.3. The molecule has 0 bridgehead atoms. The van der Waals surface area contributed by atoms with Gasteiger partial charge in [0.1, 0.15) is 5.52 Å². The molecule has 6 heteroatoms. The second kappa shape index (κ2) is 15.6.